The van der Waals surface area contributed by atoms with Crippen LogP contribution in [0.2, 0.25) is 0 Å². The lowest BCUT2D eigenvalue weighted by atomic mass is 9.95. The number of aliphatic hydroxyl groups is 3. The summed E-state index contributed by atoms with van der Waals surface area (Å²) in [7, 11) is -21.2. The number of H-pyrrole nitrogens is 2. The molecule has 40 heteroatoms. The Balaban J connectivity index is 0.961. The first-order valence-corrected chi connectivity index (χ1v) is 28.1. The van der Waals surface area contributed by atoms with Crippen molar-refractivity contribution in [3.8, 4) is 0 Å². The number of nitrogens with two attached hydrogens (primary N) is 2. The average molecular weight is 1150 g/mol. The van der Waals surface area contributed by atoms with Gasteiger partial charge in [-0.1, -0.05) is 0 Å². The summed E-state index contributed by atoms with van der Waals surface area (Å²) in [6.07, 6.45) is -11.7. The molecule has 3 aliphatic rings. The third kappa shape index (κ3) is 11.8. The molecule has 5 aromatic rings. The molecule has 0 aromatic carbocycles. The molecular formula is C35H50N12O24P4. The fourth-order valence-corrected chi connectivity index (χ4v) is 14.1. The van der Waals surface area contributed by atoms with Crippen LogP contribution in [0.3, 0.4) is 0 Å². The molecule has 16 atom stereocenters. The van der Waals surface area contributed by atoms with Gasteiger partial charge >= 0.3 is 34.7 Å². The van der Waals surface area contributed by atoms with Crippen molar-refractivity contribution in [2.45, 2.75) is 87.0 Å². The molecule has 0 radical (unpaired) electrons. The lowest BCUT2D eigenvalue weighted by Crippen LogP contribution is -2.40. The van der Waals surface area contributed by atoms with Gasteiger partial charge in [-0.05, 0) is 13.3 Å². The summed E-state index contributed by atoms with van der Waals surface area (Å²) in [4.78, 5) is 103. The number of phosphoric ester groups is 2. The molecular weight excluding hydrogens is 1100 g/mol. The maximum absolute atomic E-state index is 14.2. The maximum atomic E-state index is 14.2. The molecule has 5 aromatic heterocycles. The fraction of sp³-hybridized carbons (Fsp3) is 0.600. The van der Waals surface area contributed by atoms with Gasteiger partial charge in [-0.25, -0.2) is 38.0 Å². The van der Waals surface area contributed by atoms with Gasteiger partial charge in [0.1, 0.15) is 50.0 Å². The number of aliphatic hydroxyl groups excluding tert-OH is 3. The third-order valence-corrected chi connectivity index (χ3v) is 18.3. The van der Waals surface area contributed by atoms with E-state index in [1.807, 2.05) is 4.98 Å². The summed E-state index contributed by atoms with van der Waals surface area (Å²) in [6, 6.07) is 0.918. The van der Waals surface area contributed by atoms with E-state index in [1.165, 1.54) is 22.6 Å². The van der Waals surface area contributed by atoms with Gasteiger partial charge in [-0.2, -0.15) is 18.2 Å². The van der Waals surface area contributed by atoms with Gasteiger partial charge in [0.2, 0.25) is 18.5 Å². The zero-order valence-corrected chi connectivity index (χ0v) is 42.7. The van der Waals surface area contributed by atoms with Gasteiger partial charge in [0.05, 0.1) is 50.6 Å². The molecule has 36 nitrogen and oxygen atoms in total. The van der Waals surface area contributed by atoms with Gasteiger partial charge < -0.3 is 79.1 Å². The largest absolute Gasteiger partial charge is 0.778 e. The van der Waals surface area contributed by atoms with E-state index < -0.39 is 141 Å². The van der Waals surface area contributed by atoms with Gasteiger partial charge in [0.25, 0.3) is 16.7 Å². The summed E-state index contributed by atoms with van der Waals surface area (Å²) in [6.45, 7) is -1.31. The number of ether oxygens (including phenoxy) is 5. The number of aryl methyl sites for hydroxylation is 1. The molecule has 0 amide bonds. The Morgan fingerprint density at radius 2 is 1.43 bits per heavy atom. The summed E-state index contributed by atoms with van der Waals surface area (Å²) in [5, 5.41) is 32.9. The second-order valence-electron chi connectivity index (χ2n) is 16.8. The normalized spacial score (nSPS) is 30.4. The number of nitrogens with zero attached hydrogens (tertiary/aromatic N) is 8. The molecule has 8 heterocycles. The van der Waals surface area contributed by atoms with Crippen molar-refractivity contribution in [3.63, 3.8) is 0 Å². The molecule has 75 heavy (non-hydrogen) atoms. The molecule has 3 saturated heterocycles. The number of rotatable bonds is 22. The minimum Gasteiger partial charge on any atom is -0.778 e. The zero-order valence-electron chi connectivity index (χ0n) is 39.1. The Hall–Kier alpha value is -4.58. The Morgan fingerprint density at radius 1 is 0.787 bits per heavy atom. The van der Waals surface area contributed by atoms with E-state index in [-0.39, 0.29) is 53.7 Å². The topological polar surface area (TPSA) is 510 Å². The number of nitrogen functional groups attached to an aromatic ring is 2. The number of phosphoric acid groups is 3. The van der Waals surface area contributed by atoms with E-state index in [0.29, 0.717) is 0 Å². The molecule has 3 fully saturated rings. The second kappa shape index (κ2) is 22.0. The summed E-state index contributed by atoms with van der Waals surface area (Å²) >= 11 is 0. The van der Waals surface area contributed by atoms with Gasteiger partial charge in [0, 0.05) is 39.0 Å². The van der Waals surface area contributed by atoms with Crippen LogP contribution in [0.25, 0.3) is 22.3 Å². The molecule has 0 spiro atoms. The number of imidazole rings is 2. The van der Waals surface area contributed by atoms with Crippen LogP contribution in [0.15, 0.2) is 45.6 Å². The standard InChI is InChI=1S/C35H50N12O24P4/c1-4-44-14-47(29-21(44)30(52)43-34(37)42-29)31-22(49)15(6-8-62-2)16(67-31)9-65-73(56,57)70-75(60,61)71-74(58,59)66-11-18-26(25(63-3)33(69-18)46-13-40-20-27(36)38-12-39-28(20)46)72(54,55)64-10-17-23(50)24(51)32(68-17)45-7-5-19(48)41-35(45)53/h5,7,12-18,22-26,31-33,49-51H,4,6,8-11H2,1-3H3,(H9-,36,37,38,39,41,42,43,48,52,53,54,55,56,57,58,59,60,61)/t15-,16-,17-,18-,22-,23-,24-,25-,26-,31-,32-,33-/m1/s1. The Bertz CT molecular complexity index is 3280. The van der Waals surface area contributed by atoms with Crippen molar-refractivity contribution < 1.29 is 104 Å². The number of aromatic amines is 2. The minimum atomic E-state index is -6.21. The number of hydrogen-bond acceptors (Lipinski definition) is 27. The lowest BCUT2D eigenvalue weighted by Gasteiger charge is -2.35. The lowest BCUT2D eigenvalue weighted by molar-refractivity contribution is -0.669. The Morgan fingerprint density at radius 3 is 2.08 bits per heavy atom. The smallest absolute Gasteiger partial charge is 0.490 e. The fourth-order valence-electron chi connectivity index (χ4n) is 8.82. The highest BCUT2D eigenvalue weighted by Crippen LogP contribution is 2.68. The number of nitrogens with one attached hydrogen (secondary N) is 2. The van der Waals surface area contributed by atoms with Crippen molar-refractivity contribution in [1.82, 2.24) is 43.6 Å². The van der Waals surface area contributed by atoms with Crippen molar-refractivity contribution in [2.75, 3.05) is 52.1 Å². The number of hydrogen-bond donors (Lipinski definition) is 10. The second-order valence-corrected chi connectivity index (χ2v) is 23.4. The predicted octanol–water partition coefficient (Wildman–Crippen LogP) is -3.66. The van der Waals surface area contributed by atoms with E-state index in [1.54, 1.807) is 6.92 Å². The first kappa shape index (κ1) is 56.6. The van der Waals surface area contributed by atoms with Gasteiger partial charge in [0.15, 0.2) is 23.9 Å². The molecule has 4 unspecified atom stereocenters. The quantitative estimate of drug-likeness (QED) is 0.0236. The molecule has 0 bridgehead atoms. The van der Waals surface area contributed by atoms with Crippen molar-refractivity contribution in [1.29, 1.82) is 0 Å². The summed E-state index contributed by atoms with van der Waals surface area (Å²) in [5.74, 6) is -1.30. The van der Waals surface area contributed by atoms with E-state index in [4.69, 9.17) is 48.7 Å². The third-order valence-electron chi connectivity index (χ3n) is 12.2. The van der Waals surface area contributed by atoms with Crippen LogP contribution in [0.1, 0.15) is 32.0 Å². The summed E-state index contributed by atoms with van der Waals surface area (Å²) in [5.41, 5.74) is 7.27. The highest BCUT2D eigenvalue weighted by Gasteiger charge is 2.55. The summed E-state index contributed by atoms with van der Waals surface area (Å²) < 4.78 is 110. The Kier molecular flexibility index (Phi) is 16.6. The van der Waals surface area contributed by atoms with Crippen LogP contribution in [-0.2, 0) is 70.7 Å². The van der Waals surface area contributed by atoms with Crippen molar-refractivity contribution in [3.05, 3.63) is 62.4 Å². The average Bonchev–Trinajstić information content (AvgIpc) is 4.15. The van der Waals surface area contributed by atoms with Crippen molar-refractivity contribution >= 4 is 65.2 Å². The van der Waals surface area contributed by atoms with Crippen LogP contribution in [0.5, 0.6) is 0 Å². The Labute approximate surface area is 419 Å². The molecule has 12 N–H and O–H groups in total. The molecule has 8 rings (SSSR count). The first-order chi connectivity index (χ1) is 35.3. The van der Waals surface area contributed by atoms with Crippen LogP contribution in [0, 0.1) is 5.92 Å². The molecule has 414 valence electrons. The predicted molar refractivity (Wildman–Crippen MR) is 243 cm³/mol. The highest BCUT2D eigenvalue weighted by molar-refractivity contribution is 7.66. The highest BCUT2D eigenvalue weighted by atomic mass is 31.3. The van der Waals surface area contributed by atoms with E-state index in [9.17, 15) is 67.5 Å². The number of fused-ring (bicyclic) bond motifs is 2. The zero-order chi connectivity index (χ0) is 54.5. The number of methoxy groups -OCH3 is 2. The first-order valence-electron chi connectivity index (χ1n) is 22.0. The van der Waals surface area contributed by atoms with E-state index in [2.05, 4.69) is 33.5 Å². The SMILES string of the molecule is CC[n+]1cn([C@@H]2O[C@H](COP(=O)(O)OP(=O)(O)OP(=O)(O)OC[C@H]3O[C@@H](n4cnc5c(N)ncnc54)[C@H](OC)[C@@H]3P(=O)([O-])OC[C@H]3O[C@@H](n4ccc(=O)[nH]c4=O)[C@H](O)[C@@H]3O)[C@@H](CCOC)[C@H]2O)c2nc(N)[nH]c(=O)c21. The van der Waals surface area contributed by atoms with Gasteiger partial charge in [-0.15, -0.1) is 0 Å². The monoisotopic (exact) mass is 1150 g/mol. The minimum absolute atomic E-state index is 0.00669. The van der Waals surface area contributed by atoms with E-state index >= 15 is 0 Å². The van der Waals surface area contributed by atoms with Crippen LogP contribution in [0.4, 0.5) is 11.8 Å². The number of aromatic nitrogens is 10. The van der Waals surface area contributed by atoms with Crippen LogP contribution in [-0.4, -0.2) is 163 Å². The van der Waals surface area contributed by atoms with Crippen molar-refractivity contribution in [2.24, 2.45) is 5.92 Å². The van der Waals surface area contributed by atoms with Crippen LogP contribution < -0.4 is 37.7 Å². The molecule has 0 aliphatic carbocycles. The van der Waals surface area contributed by atoms with Gasteiger partial charge in [-0.3, -0.25) is 37.7 Å². The van der Waals surface area contributed by atoms with E-state index in [0.717, 1.165) is 41.2 Å². The van der Waals surface area contributed by atoms with Crippen LogP contribution >= 0.6 is 31.1 Å². The maximum Gasteiger partial charge on any atom is 0.490 e. The molecule has 0 saturated carbocycles. The molecule has 3 aliphatic heterocycles. The number of anilines is 2.